The van der Waals surface area contributed by atoms with Crippen LogP contribution in [0, 0.1) is 0 Å². The molecule has 0 aliphatic heterocycles. The molecule has 5 aliphatic rings. The number of hydrogen-bond donors (Lipinski definition) is 10. The highest BCUT2D eigenvalue weighted by Crippen LogP contribution is 2.44. The van der Waals surface area contributed by atoms with Crippen LogP contribution in [0.25, 0.3) is 82.3 Å². The number of nitrogens with one attached hydrogen (secondary N) is 8. The van der Waals surface area contributed by atoms with Crippen molar-refractivity contribution in [3.63, 3.8) is 0 Å². The number of para-hydroxylation sites is 9. The van der Waals surface area contributed by atoms with Gasteiger partial charge in [-0.2, -0.15) is 33.3 Å². The molecule has 7 heterocycles. The Morgan fingerprint density at radius 1 is 0.463 bits per heavy atom. The average Bonchev–Trinajstić information content (AvgIpc) is 1.38. The van der Waals surface area contributed by atoms with Gasteiger partial charge in [0.15, 0.2) is 14.9 Å². The van der Waals surface area contributed by atoms with E-state index in [1.165, 1.54) is 119 Å². The molecular formula is C111H116N26O7S5. The maximum atomic E-state index is 12.6. The SMILES string of the molecule is C=CCNC(=S)NNc1nc(NC2CCCC2)c2ccccc2n1.CN(CCS(=O)(=O)c1ccccc1)c1nc(NC2CCCC2)c2ccccc2n1.O=C(O)CSCc1nc2ccccc2n1-c1nc(NC2CCCC2)c2ccccc2n1.O=S(=O)(O)c1cccc2cccc(N(c3ccccc3)c3nc(NC4CCCC4)c4ccccc4n3)c12.c1ccc(N(c2nc(NC3CCCC3)c3ccccc3n2)c2nnns2)cc1. The second-order valence-electron chi connectivity index (χ2n) is 37.2. The van der Waals surface area contributed by atoms with Crippen molar-refractivity contribution in [2.45, 2.75) is 174 Å². The minimum atomic E-state index is -4.49. The van der Waals surface area contributed by atoms with Crippen molar-refractivity contribution in [3.8, 4) is 5.95 Å². The Kier molecular flexibility index (Phi) is 33.3. The van der Waals surface area contributed by atoms with Crippen LogP contribution in [0.3, 0.4) is 0 Å². The lowest BCUT2D eigenvalue weighted by atomic mass is 10.1. The van der Waals surface area contributed by atoms with E-state index in [0.717, 1.165) is 150 Å². The van der Waals surface area contributed by atoms with Crippen molar-refractivity contribution >= 4 is 218 Å². The minimum absolute atomic E-state index is 0.00901. The zero-order valence-corrected chi connectivity index (χ0v) is 86.4. The monoisotopic (exact) mass is 2080 g/mol. The number of hydrogen-bond acceptors (Lipinski definition) is 31. The molecule has 149 heavy (non-hydrogen) atoms. The fourth-order valence-corrected chi connectivity index (χ4v) is 22.8. The van der Waals surface area contributed by atoms with Crippen LogP contribution in [-0.2, 0) is 30.5 Å². The number of benzene rings is 11. The first-order chi connectivity index (χ1) is 72.8. The van der Waals surface area contributed by atoms with E-state index in [-0.39, 0.29) is 16.4 Å². The van der Waals surface area contributed by atoms with Gasteiger partial charge in [-0.1, -0.05) is 232 Å². The number of anilines is 13. The van der Waals surface area contributed by atoms with Gasteiger partial charge in [-0.3, -0.25) is 34.6 Å². The van der Waals surface area contributed by atoms with E-state index in [0.29, 0.717) is 110 Å². The van der Waals surface area contributed by atoms with Gasteiger partial charge in [-0.05, 0) is 208 Å². The van der Waals surface area contributed by atoms with Gasteiger partial charge in [0.2, 0.25) is 34.9 Å². The predicted octanol–water partition coefficient (Wildman–Crippen LogP) is 23.1. The molecule has 0 bridgehead atoms. The number of thiocarbonyl (C=S) groups is 1. The van der Waals surface area contributed by atoms with Gasteiger partial charge in [0.05, 0.1) is 72.1 Å². The first kappa shape index (κ1) is 102. The maximum absolute atomic E-state index is 12.6. The first-order valence-electron chi connectivity index (χ1n) is 50.5. The Balaban J connectivity index is 0.000000118. The highest BCUT2D eigenvalue weighted by molar-refractivity contribution is 7.99. The molecule has 7 aromatic heterocycles. The number of thioether (sulfide) groups is 1. The molecule has 18 aromatic rings. The Morgan fingerprint density at radius 3 is 1.34 bits per heavy atom. The number of hydrazine groups is 1. The number of carboxylic acids is 1. The van der Waals surface area contributed by atoms with E-state index in [9.17, 15) is 26.2 Å². The lowest BCUT2D eigenvalue weighted by Gasteiger charge is -2.26. The van der Waals surface area contributed by atoms with Crippen LogP contribution < -0.4 is 57.5 Å². The third-order valence-corrected chi connectivity index (χ3v) is 31.2. The van der Waals surface area contributed by atoms with Crippen LogP contribution in [0.2, 0.25) is 0 Å². The lowest BCUT2D eigenvalue weighted by molar-refractivity contribution is -0.133. The largest absolute Gasteiger partial charge is 0.481 e. The molecule has 11 aromatic carbocycles. The van der Waals surface area contributed by atoms with Crippen molar-refractivity contribution in [1.29, 1.82) is 0 Å². The summed E-state index contributed by atoms with van der Waals surface area (Å²) in [5.74, 6) is 7.09. The fourth-order valence-electron chi connectivity index (χ4n) is 19.5. The molecule has 0 radical (unpaired) electrons. The molecule has 38 heteroatoms. The second kappa shape index (κ2) is 48.5. The minimum Gasteiger partial charge on any atom is -0.481 e. The van der Waals surface area contributed by atoms with Crippen molar-refractivity contribution in [3.05, 3.63) is 291 Å². The number of nitrogens with zero attached hydrogens (tertiary/aromatic N) is 18. The van der Waals surface area contributed by atoms with E-state index in [2.05, 4.69) is 85.1 Å². The van der Waals surface area contributed by atoms with Gasteiger partial charge >= 0.3 is 5.97 Å². The van der Waals surface area contributed by atoms with Crippen molar-refractivity contribution in [2.75, 3.05) is 78.4 Å². The Bertz CT molecular complexity index is 7940. The van der Waals surface area contributed by atoms with Gasteiger partial charge in [0.1, 0.15) is 39.8 Å². The molecule has 5 fully saturated rings. The summed E-state index contributed by atoms with van der Waals surface area (Å²) in [5.41, 5.74) is 14.1. The molecule has 0 amide bonds. The molecule has 0 unspecified atom stereocenters. The molecular weight excluding hydrogens is 1970 g/mol. The summed E-state index contributed by atoms with van der Waals surface area (Å²) in [7, 11) is -6.00. The summed E-state index contributed by atoms with van der Waals surface area (Å²) < 4.78 is 66.0. The average molecular weight is 2090 g/mol. The highest BCUT2D eigenvalue weighted by atomic mass is 32.2. The van der Waals surface area contributed by atoms with E-state index < -0.39 is 25.9 Å². The molecule has 5 saturated carbocycles. The molecule has 762 valence electrons. The number of carbonyl (C=O) groups is 1. The van der Waals surface area contributed by atoms with Crippen molar-refractivity contribution < 1.29 is 31.3 Å². The summed E-state index contributed by atoms with van der Waals surface area (Å²) >= 11 is 7.70. The standard InChI is InChI=1S/C29H26N4O3S.C23H23N5O2S.C22H26N4O2S.C20H19N7S.C17H22N6S/c34-37(35,36)26-19-9-11-20-10-8-18-25(27(20)26)33(22-14-2-1-3-15-22)29-31-24-17-7-6-16-23(24)28(32-29)30-21-12-4-5-13-21;29-21(30)14-31-13-20-25-18-11-5-6-12-19(18)28(20)23-26-17-10-4-3-9-16(17)22(27-23)24-15-7-1-2-8-15;1-26(15-16-29(27,28)18-11-3-2-4-12-18)22-24-20-14-8-7-13-19(20)21(25-22)23-17-9-5-6-10-17;1-2-10-15(11-3-1)27(20-24-25-26-28-20)19-22-17-13-7-6-12-16(17)18(23-19)21-14-8-4-5-9-14;1-2-11-18-17(24)23-22-16-20-14-10-6-5-9-13(14)15(21-16)19-12-7-3-4-8-12/h1-3,6-11,14-19,21H,4-5,12-13H2,(H,30,31,32)(H,34,35,36);3-6,9-12,15H,1-2,7-8,13-14H2,(H,29,30)(H,24,26,27);2-4,7-8,11-14,17H,5-6,9-10,15-16H2,1H3,(H,23,24,25);1-3,6-7,10-14H,4-5,8-9H2,(H,21,22,23);2,5-6,9-10,12H,1,3-4,7-8,11H2,(H2,18,23,24)(H2,19,20,21,22). The van der Waals surface area contributed by atoms with Gasteiger partial charge in [-0.15, -0.1) is 18.3 Å². The number of aromatic nitrogens is 15. The summed E-state index contributed by atoms with van der Waals surface area (Å²) in [6, 6.07) is 88.5. The Hall–Kier alpha value is -15.4. The predicted molar refractivity (Wildman–Crippen MR) is 603 cm³/mol. The summed E-state index contributed by atoms with van der Waals surface area (Å²) in [4.78, 5) is 69.5. The first-order valence-corrected chi connectivity index (χ1v) is 56.0. The number of sulfone groups is 1. The van der Waals surface area contributed by atoms with Crippen molar-refractivity contribution in [2.24, 2.45) is 0 Å². The number of imidazole rings is 1. The molecule has 0 saturated heterocycles. The van der Waals surface area contributed by atoms with Gasteiger partial charge in [0.25, 0.3) is 10.1 Å². The second-order valence-corrected chi connectivity index (χ2v) is 42.8. The van der Waals surface area contributed by atoms with Crippen LogP contribution in [0.4, 0.5) is 75.1 Å². The number of carboxylic acid groups (broad SMARTS) is 1. The summed E-state index contributed by atoms with van der Waals surface area (Å²) in [6.07, 6.45) is 25.7. The van der Waals surface area contributed by atoms with Crippen LogP contribution in [0.1, 0.15) is 134 Å². The van der Waals surface area contributed by atoms with Gasteiger partial charge in [-0.25, -0.2) is 38.3 Å². The molecule has 33 nitrogen and oxygen atoms in total. The lowest BCUT2D eigenvalue weighted by Crippen LogP contribution is -2.39. The fraction of sp³-hybridized carbons (Fsp3) is 0.279. The molecule has 10 N–H and O–H groups in total. The molecule has 0 spiro atoms. The summed E-state index contributed by atoms with van der Waals surface area (Å²) in [5, 5.41) is 45.2. The Labute approximate surface area is 877 Å². The van der Waals surface area contributed by atoms with Gasteiger partial charge < -0.3 is 41.9 Å². The van der Waals surface area contributed by atoms with Crippen LogP contribution in [-0.4, -0.2) is 174 Å². The maximum Gasteiger partial charge on any atom is 0.313 e. The van der Waals surface area contributed by atoms with E-state index in [4.69, 9.17) is 57.2 Å². The molecule has 0 atom stereocenters. The van der Waals surface area contributed by atoms with E-state index >= 15 is 0 Å². The molecule has 23 rings (SSSR count). The normalized spacial score (nSPS) is 14.5. The van der Waals surface area contributed by atoms with Crippen LogP contribution in [0.15, 0.2) is 295 Å². The molecule has 5 aliphatic carbocycles. The topological polar surface area (TPSA) is 417 Å². The summed E-state index contributed by atoms with van der Waals surface area (Å²) in [6.45, 7) is 4.56. The van der Waals surface area contributed by atoms with E-state index in [1.807, 2.05) is 257 Å². The Morgan fingerprint density at radius 2 is 0.872 bits per heavy atom. The van der Waals surface area contributed by atoms with Crippen molar-refractivity contribution in [1.82, 2.24) is 84.9 Å². The third-order valence-electron chi connectivity index (χ3n) is 26.8. The quantitative estimate of drug-likeness (QED) is 0.00835. The van der Waals surface area contributed by atoms with Crippen LogP contribution >= 0.6 is 35.5 Å². The third kappa shape index (κ3) is 25.6. The zero-order chi connectivity index (χ0) is 102. The number of fused-ring (bicyclic) bond motifs is 7. The number of rotatable bonds is 31. The van der Waals surface area contributed by atoms with Crippen LogP contribution in [0.5, 0.6) is 0 Å². The smallest absolute Gasteiger partial charge is 0.313 e. The van der Waals surface area contributed by atoms with Gasteiger partial charge in [0, 0.05) is 99.9 Å². The highest BCUT2D eigenvalue weighted by Gasteiger charge is 2.31. The number of aliphatic carboxylic acids is 1. The van der Waals surface area contributed by atoms with E-state index in [1.54, 1.807) is 36.4 Å². The zero-order valence-electron chi connectivity index (χ0n) is 82.4.